The highest BCUT2D eigenvalue weighted by Crippen LogP contribution is 2.20. The molecule has 0 saturated heterocycles. The van der Waals surface area contributed by atoms with Crippen LogP contribution in [0.15, 0.2) is 35.3 Å². The minimum Gasteiger partial charge on any atom is -0.465 e. The number of ether oxygens (including phenoxy) is 1. The van der Waals surface area contributed by atoms with Crippen molar-refractivity contribution < 1.29 is 14.3 Å². The topological polar surface area (TPSA) is 108 Å². The number of anilines is 1. The summed E-state index contributed by atoms with van der Waals surface area (Å²) >= 11 is 0. The van der Waals surface area contributed by atoms with Gasteiger partial charge in [-0.25, -0.2) is 9.48 Å². The smallest absolute Gasteiger partial charge is 0.337 e. The Labute approximate surface area is 167 Å². The van der Waals surface area contributed by atoms with Gasteiger partial charge in [-0.05, 0) is 52.0 Å². The van der Waals surface area contributed by atoms with Crippen LogP contribution in [0.5, 0.6) is 0 Å². The molecule has 2 aromatic heterocycles. The molecule has 1 aromatic carbocycles. The number of carbonyl (C=O) groups is 2. The molecular weight excluding hydrogens is 374 g/mol. The molecule has 3 aromatic rings. The van der Waals surface area contributed by atoms with Gasteiger partial charge in [-0.1, -0.05) is 0 Å². The third-order valence-corrected chi connectivity index (χ3v) is 4.39. The predicted molar refractivity (Wildman–Crippen MR) is 108 cm³/mol. The highest BCUT2D eigenvalue weighted by molar-refractivity contribution is 5.93. The molecule has 9 nitrogen and oxygen atoms in total. The van der Waals surface area contributed by atoms with Gasteiger partial charge in [0.15, 0.2) is 0 Å². The van der Waals surface area contributed by atoms with Crippen molar-refractivity contribution in [3.8, 4) is 0 Å². The number of fused-ring (bicyclic) bond motifs is 1. The minimum atomic E-state index is -0.460. The van der Waals surface area contributed by atoms with Crippen LogP contribution in [0, 0.1) is 6.92 Å². The van der Waals surface area contributed by atoms with Gasteiger partial charge in [0.1, 0.15) is 12.1 Å². The summed E-state index contributed by atoms with van der Waals surface area (Å²) in [5.74, 6) is -0.871. The molecule has 1 N–H and O–H groups in total. The van der Waals surface area contributed by atoms with E-state index in [1.165, 1.54) is 7.11 Å². The van der Waals surface area contributed by atoms with Crippen molar-refractivity contribution in [2.75, 3.05) is 12.4 Å². The first-order valence-corrected chi connectivity index (χ1v) is 9.06. The summed E-state index contributed by atoms with van der Waals surface area (Å²) in [5.41, 5.74) is 1.13. The van der Waals surface area contributed by atoms with Crippen LogP contribution in [0.3, 0.4) is 0 Å². The van der Waals surface area contributed by atoms with E-state index >= 15 is 0 Å². The zero-order valence-corrected chi connectivity index (χ0v) is 17.0. The predicted octanol–water partition coefficient (Wildman–Crippen LogP) is 2.08. The van der Waals surface area contributed by atoms with Crippen LogP contribution in [0.25, 0.3) is 10.9 Å². The lowest BCUT2D eigenvalue weighted by molar-refractivity contribution is -0.117. The zero-order chi connectivity index (χ0) is 21.3. The molecule has 0 aliphatic rings. The number of hydrogen-bond acceptors (Lipinski definition) is 6. The summed E-state index contributed by atoms with van der Waals surface area (Å²) < 4.78 is 7.43. The Balaban J connectivity index is 1.86. The van der Waals surface area contributed by atoms with Gasteiger partial charge < -0.3 is 10.1 Å². The first-order chi connectivity index (χ1) is 13.6. The van der Waals surface area contributed by atoms with Crippen LogP contribution in [0.1, 0.15) is 36.8 Å². The summed E-state index contributed by atoms with van der Waals surface area (Å²) in [7, 11) is 1.30. The van der Waals surface area contributed by atoms with Crippen molar-refractivity contribution in [1.82, 2.24) is 19.6 Å². The lowest BCUT2D eigenvalue weighted by Gasteiger charge is -2.20. The molecule has 0 spiro atoms. The van der Waals surface area contributed by atoms with E-state index in [0.29, 0.717) is 27.8 Å². The van der Waals surface area contributed by atoms with Crippen molar-refractivity contribution in [3.63, 3.8) is 0 Å². The number of methoxy groups -OCH3 is 1. The highest BCUT2D eigenvalue weighted by Gasteiger charge is 2.22. The van der Waals surface area contributed by atoms with Crippen molar-refractivity contribution >= 4 is 28.5 Å². The van der Waals surface area contributed by atoms with E-state index in [0.717, 1.165) is 4.68 Å². The van der Waals surface area contributed by atoms with Crippen molar-refractivity contribution in [3.05, 3.63) is 52.1 Å². The molecule has 0 radical (unpaired) electrons. The van der Waals surface area contributed by atoms with Gasteiger partial charge in [-0.3, -0.25) is 14.3 Å². The van der Waals surface area contributed by atoms with Crippen molar-refractivity contribution in [2.45, 2.75) is 39.8 Å². The molecule has 0 unspecified atom stereocenters. The number of benzene rings is 1. The second-order valence-electron chi connectivity index (χ2n) is 7.65. The summed E-state index contributed by atoms with van der Waals surface area (Å²) in [6, 6.07) is 6.26. The van der Waals surface area contributed by atoms with E-state index in [2.05, 4.69) is 20.3 Å². The average Bonchev–Trinajstić information content (AvgIpc) is 3.12. The van der Waals surface area contributed by atoms with E-state index < -0.39 is 17.4 Å². The van der Waals surface area contributed by atoms with Gasteiger partial charge in [-0.2, -0.15) is 10.2 Å². The van der Waals surface area contributed by atoms with Crippen LogP contribution < -0.4 is 10.9 Å². The van der Waals surface area contributed by atoms with Gasteiger partial charge in [0.2, 0.25) is 5.91 Å². The quantitative estimate of drug-likeness (QED) is 0.675. The normalized spacial score (nSPS) is 11.5. The third kappa shape index (κ3) is 4.03. The first kappa shape index (κ1) is 20.2. The molecule has 2 heterocycles. The maximum absolute atomic E-state index is 13.0. The number of nitrogens with zero attached hydrogens (tertiary/aromatic N) is 4. The molecule has 152 valence electrons. The highest BCUT2D eigenvalue weighted by atomic mass is 16.5. The summed E-state index contributed by atoms with van der Waals surface area (Å²) in [4.78, 5) is 36.9. The Kier molecular flexibility index (Phi) is 5.23. The number of aromatic nitrogens is 4. The fraction of sp³-hybridized carbons (Fsp3) is 0.350. The van der Waals surface area contributed by atoms with E-state index in [4.69, 9.17) is 0 Å². The molecule has 29 heavy (non-hydrogen) atoms. The Bertz CT molecular complexity index is 1140. The average molecular weight is 397 g/mol. The fourth-order valence-corrected chi connectivity index (χ4v) is 2.98. The number of amides is 1. The lowest BCUT2D eigenvalue weighted by Crippen LogP contribution is -2.33. The van der Waals surface area contributed by atoms with E-state index in [1.54, 1.807) is 42.1 Å². The van der Waals surface area contributed by atoms with Gasteiger partial charge >= 0.3 is 5.97 Å². The Hall–Kier alpha value is -3.49. The third-order valence-electron chi connectivity index (χ3n) is 4.39. The maximum Gasteiger partial charge on any atom is 0.337 e. The molecule has 0 aliphatic heterocycles. The second kappa shape index (κ2) is 7.50. The largest absolute Gasteiger partial charge is 0.465 e. The number of nitrogens with one attached hydrogen (secondary N) is 1. The van der Waals surface area contributed by atoms with Crippen LogP contribution >= 0.6 is 0 Å². The van der Waals surface area contributed by atoms with Crippen molar-refractivity contribution in [1.29, 1.82) is 0 Å². The molecular formula is C20H23N5O4. The molecule has 1 amide bonds. The Morgan fingerprint density at radius 1 is 1.17 bits per heavy atom. The molecule has 0 atom stereocenters. The molecule has 3 rings (SSSR count). The molecule has 9 heteroatoms. The first-order valence-electron chi connectivity index (χ1n) is 9.06. The maximum atomic E-state index is 13.0. The summed E-state index contributed by atoms with van der Waals surface area (Å²) in [6.45, 7) is 7.37. The molecule has 0 fully saturated rings. The van der Waals surface area contributed by atoms with Crippen LogP contribution in [0.2, 0.25) is 0 Å². The SMILES string of the molecule is COC(=O)c1ccc(NC(=O)Cn2nc(C)c3cnn(C(C)(C)C)c3c2=O)cc1. The van der Waals surface area contributed by atoms with Crippen LogP contribution in [0.4, 0.5) is 5.69 Å². The summed E-state index contributed by atoms with van der Waals surface area (Å²) in [6.07, 6.45) is 1.62. The molecule has 0 aliphatic carbocycles. The van der Waals surface area contributed by atoms with Crippen LogP contribution in [-0.4, -0.2) is 38.5 Å². The number of aryl methyl sites for hydroxylation is 1. The number of rotatable bonds is 4. The number of hydrogen-bond donors (Lipinski definition) is 1. The number of carbonyl (C=O) groups excluding carboxylic acids is 2. The van der Waals surface area contributed by atoms with Crippen molar-refractivity contribution in [2.24, 2.45) is 0 Å². The second-order valence-corrected chi connectivity index (χ2v) is 7.65. The van der Waals surface area contributed by atoms with Gasteiger partial charge in [-0.15, -0.1) is 0 Å². The number of esters is 1. The van der Waals surface area contributed by atoms with E-state index in [1.807, 2.05) is 20.8 Å². The Morgan fingerprint density at radius 2 is 1.83 bits per heavy atom. The van der Waals surface area contributed by atoms with Crippen LogP contribution in [-0.2, 0) is 21.6 Å². The van der Waals surface area contributed by atoms with E-state index in [9.17, 15) is 14.4 Å². The van der Waals surface area contributed by atoms with Gasteiger partial charge in [0.05, 0.1) is 30.1 Å². The van der Waals surface area contributed by atoms with Gasteiger partial charge in [0, 0.05) is 11.1 Å². The van der Waals surface area contributed by atoms with Gasteiger partial charge in [0.25, 0.3) is 5.56 Å². The fourth-order valence-electron chi connectivity index (χ4n) is 2.98. The van der Waals surface area contributed by atoms with E-state index in [-0.39, 0.29) is 12.1 Å². The zero-order valence-electron chi connectivity index (χ0n) is 17.0. The summed E-state index contributed by atoms with van der Waals surface area (Å²) in [5, 5.41) is 11.9. The molecule has 0 bridgehead atoms. The minimum absolute atomic E-state index is 0.246. The standard InChI is InChI=1S/C20H23N5O4/c1-12-15-10-21-25(20(2,3)4)17(15)18(27)24(23-12)11-16(26)22-14-8-6-13(7-9-14)19(28)29-5/h6-10H,11H2,1-5H3,(H,22,26). The Morgan fingerprint density at radius 3 is 2.41 bits per heavy atom. The monoisotopic (exact) mass is 397 g/mol. The molecule has 0 saturated carbocycles. The lowest BCUT2D eigenvalue weighted by atomic mass is 10.1.